The molecule has 4 N–H and O–H groups in total. The molecule has 2 aromatic carbocycles. The fraction of sp³-hybridized carbons (Fsp3) is 0.130. The van der Waals surface area contributed by atoms with Crippen LogP contribution in [0.25, 0.3) is 0 Å². The molecule has 2 heterocycles. The van der Waals surface area contributed by atoms with Crippen LogP contribution in [0.3, 0.4) is 0 Å². The Hall–Kier alpha value is -2.83. The number of benzene rings is 2. The summed E-state index contributed by atoms with van der Waals surface area (Å²) in [7, 11) is 1.77. The standard InChI is InChI=1S/C23H21ClIN7OS/c1-32-20(24)17(18(31-32)13-34-16-8-3-2-4-9-16)12-27-22-19(21(26)33)23(30-29-22)28-15-7-5-6-14(10-15)11-25/h2-10,12H,11,13H2,1H3,(H2,26,33)(H2,28,29,30). The van der Waals surface area contributed by atoms with Gasteiger partial charge in [0, 0.05) is 34.0 Å². The number of nitrogens with two attached hydrogens (primary N) is 1. The van der Waals surface area contributed by atoms with Crippen molar-refractivity contribution in [2.75, 3.05) is 5.32 Å². The van der Waals surface area contributed by atoms with Crippen LogP contribution in [0.1, 0.15) is 27.2 Å². The van der Waals surface area contributed by atoms with Gasteiger partial charge in [0.2, 0.25) is 0 Å². The average molecular weight is 606 g/mol. The summed E-state index contributed by atoms with van der Waals surface area (Å²) in [4.78, 5) is 17.8. The zero-order chi connectivity index (χ0) is 24.1. The van der Waals surface area contributed by atoms with Gasteiger partial charge in [0.1, 0.15) is 16.5 Å². The number of H-pyrrole nitrogens is 1. The van der Waals surface area contributed by atoms with E-state index in [1.807, 2.05) is 54.6 Å². The topological polar surface area (TPSA) is 114 Å². The van der Waals surface area contributed by atoms with Gasteiger partial charge >= 0.3 is 0 Å². The van der Waals surface area contributed by atoms with Crippen molar-refractivity contribution in [3.05, 3.63) is 82.1 Å². The fourth-order valence-corrected chi connectivity index (χ4v) is 4.76. The lowest BCUT2D eigenvalue weighted by atomic mass is 10.2. The molecule has 0 saturated heterocycles. The second-order valence-corrected chi connectivity index (χ2v) is 9.42. The Morgan fingerprint density at radius 1 is 1.29 bits per heavy atom. The lowest BCUT2D eigenvalue weighted by molar-refractivity contribution is 0.100. The van der Waals surface area contributed by atoms with Crippen LogP contribution in [0, 0.1) is 0 Å². The van der Waals surface area contributed by atoms with E-state index in [4.69, 9.17) is 17.3 Å². The number of hydrogen-bond acceptors (Lipinski definition) is 6. The first-order chi connectivity index (χ1) is 16.5. The molecule has 0 spiro atoms. The monoisotopic (exact) mass is 605 g/mol. The SMILES string of the molecule is Cn1nc(CSc2ccccc2)c(C=Nc2n[nH]c(Nc3cccc(CI)c3)c2C(N)=O)c1Cl. The van der Waals surface area contributed by atoms with E-state index in [0.29, 0.717) is 22.3 Å². The number of nitrogens with one attached hydrogen (secondary N) is 2. The second kappa shape index (κ2) is 11.1. The zero-order valence-corrected chi connectivity index (χ0v) is 21.9. The van der Waals surface area contributed by atoms with Crippen LogP contribution < -0.4 is 11.1 Å². The molecule has 2 aromatic heterocycles. The van der Waals surface area contributed by atoms with E-state index in [9.17, 15) is 4.79 Å². The van der Waals surface area contributed by atoms with Crippen molar-refractivity contribution in [3.8, 4) is 0 Å². The molecule has 4 aromatic rings. The number of aromatic amines is 1. The number of aliphatic imine (C=N–C) groups is 1. The first kappa shape index (κ1) is 24.3. The van der Waals surface area contributed by atoms with Gasteiger partial charge in [-0.3, -0.25) is 14.6 Å². The summed E-state index contributed by atoms with van der Waals surface area (Å²) in [5.74, 6) is 0.504. The van der Waals surface area contributed by atoms with Gasteiger partial charge in [-0.2, -0.15) is 10.2 Å². The number of amides is 1. The maximum absolute atomic E-state index is 12.2. The Morgan fingerprint density at radius 2 is 2.09 bits per heavy atom. The van der Waals surface area contributed by atoms with Crippen molar-refractivity contribution in [3.63, 3.8) is 0 Å². The summed E-state index contributed by atoms with van der Waals surface area (Å²) in [6.07, 6.45) is 1.57. The van der Waals surface area contributed by atoms with Crippen LogP contribution >= 0.6 is 46.0 Å². The Kier molecular flexibility index (Phi) is 7.91. The minimum absolute atomic E-state index is 0.163. The van der Waals surface area contributed by atoms with Gasteiger partial charge in [0.15, 0.2) is 5.82 Å². The molecule has 34 heavy (non-hydrogen) atoms. The van der Waals surface area contributed by atoms with Crippen LogP contribution in [0.15, 0.2) is 64.5 Å². The van der Waals surface area contributed by atoms with Crippen LogP contribution in [0.4, 0.5) is 17.3 Å². The number of primary amides is 1. The van der Waals surface area contributed by atoms with E-state index in [1.54, 1.807) is 29.7 Å². The Bertz CT molecular complexity index is 1340. The number of thioether (sulfide) groups is 1. The highest BCUT2D eigenvalue weighted by Gasteiger charge is 2.19. The molecule has 0 aliphatic heterocycles. The number of rotatable bonds is 9. The van der Waals surface area contributed by atoms with Crippen molar-refractivity contribution < 1.29 is 4.79 Å². The third-order valence-electron chi connectivity index (χ3n) is 4.87. The predicted octanol–water partition coefficient (Wildman–Crippen LogP) is 5.62. The molecular formula is C23H21ClIN7OS. The highest BCUT2D eigenvalue weighted by molar-refractivity contribution is 14.1. The van der Waals surface area contributed by atoms with Crippen LogP contribution in [0.5, 0.6) is 0 Å². The largest absolute Gasteiger partial charge is 0.365 e. The van der Waals surface area contributed by atoms with Crippen LogP contribution in [0.2, 0.25) is 5.15 Å². The summed E-state index contributed by atoms with van der Waals surface area (Å²) >= 11 is 10.4. The van der Waals surface area contributed by atoms with E-state index in [-0.39, 0.29) is 11.4 Å². The number of nitrogens with zero attached hydrogens (tertiary/aromatic N) is 4. The third-order valence-corrected chi connectivity index (χ3v) is 7.22. The van der Waals surface area contributed by atoms with E-state index in [0.717, 1.165) is 26.3 Å². The Labute approximate surface area is 219 Å². The quantitative estimate of drug-likeness (QED) is 0.0992. The maximum atomic E-state index is 12.2. The highest BCUT2D eigenvalue weighted by atomic mass is 127. The Morgan fingerprint density at radius 3 is 2.82 bits per heavy atom. The lowest BCUT2D eigenvalue weighted by Gasteiger charge is -2.06. The van der Waals surface area contributed by atoms with Gasteiger partial charge in [-0.1, -0.05) is 64.5 Å². The highest BCUT2D eigenvalue weighted by Crippen LogP contribution is 2.29. The molecule has 11 heteroatoms. The van der Waals surface area contributed by atoms with Gasteiger partial charge in [0.05, 0.1) is 11.3 Å². The number of carbonyl (C=O) groups excluding carboxylic acids is 1. The lowest BCUT2D eigenvalue weighted by Crippen LogP contribution is -2.12. The molecular weight excluding hydrogens is 585 g/mol. The van der Waals surface area contributed by atoms with E-state index < -0.39 is 5.91 Å². The first-order valence-corrected chi connectivity index (χ1v) is 13.1. The summed E-state index contributed by atoms with van der Waals surface area (Å²) in [5, 5.41) is 15.1. The van der Waals surface area contributed by atoms with Crippen LogP contribution in [-0.4, -0.2) is 32.1 Å². The maximum Gasteiger partial charge on any atom is 0.256 e. The number of aromatic nitrogens is 4. The van der Waals surface area contributed by atoms with Gasteiger partial charge in [-0.05, 0) is 29.8 Å². The number of halogens is 2. The Balaban J connectivity index is 1.59. The van der Waals surface area contributed by atoms with Gasteiger partial charge < -0.3 is 11.1 Å². The zero-order valence-electron chi connectivity index (χ0n) is 18.1. The molecule has 0 radical (unpaired) electrons. The first-order valence-electron chi connectivity index (χ1n) is 10.2. The van der Waals surface area contributed by atoms with E-state index >= 15 is 0 Å². The molecule has 0 aliphatic rings. The number of aryl methyl sites for hydroxylation is 1. The van der Waals surface area contributed by atoms with Gasteiger partial charge in [-0.15, -0.1) is 11.8 Å². The fourth-order valence-electron chi connectivity index (χ4n) is 3.23. The summed E-state index contributed by atoms with van der Waals surface area (Å²) < 4.78 is 2.46. The molecule has 0 fully saturated rings. The number of hydrogen-bond donors (Lipinski definition) is 3. The summed E-state index contributed by atoms with van der Waals surface area (Å²) in [6, 6.07) is 17.9. The normalized spacial score (nSPS) is 11.3. The third kappa shape index (κ3) is 5.62. The molecule has 0 unspecified atom stereocenters. The minimum atomic E-state index is -0.648. The molecule has 0 aliphatic carbocycles. The number of anilines is 2. The van der Waals surface area contributed by atoms with Gasteiger partial charge in [-0.25, -0.2) is 4.99 Å². The van der Waals surface area contributed by atoms with E-state index in [1.165, 1.54) is 0 Å². The van der Waals surface area contributed by atoms with E-state index in [2.05, 4.69) is 48.2 Å². The molecule has 8 nitrogen and oxygen atoms in total. The molecule has 1 amide bonds. The summed E-state index contributed by atoms with van der Waals surface area (Å²) in [5.41, 5.74) is 9.21. The predicted molar refractivity (Wildman–Crippen MR) is 146 cm³/mol. The van der Waals surface area contributed by atoms with Crippen molar-refractivity contribution in [1.82, 2.24) is 20.0 Å². The van der Waals surface area contributed by atoms with Crippen molar-refractivity contribution >= 4 is 75.4 Å². The van der Waals surface area contributed by atoms with Crippen LogP contribution in [-0.2, 0) is 17.2 Å². The number of alkyl halides is 1. The molecule has 0 saturated carbocycles. The second-order valence-electron chi connectivity index (χ2n) is 7.26. The minimum Gasteiger partial charge on any atom is -0.365 e. The number of carbonyl (C=O) groups is 1. The van der Waals surface area contributed by atoms with Crippen molar-refractivity contribution in [2.45, 2.75) is 15.1 Å². The van der Waals surface area contributed by atoms with Crippen molar-refractivity contribution in [2.24, 2.45) is 17.8 Å². The average Bonchev–Trinajstić information content (AvgIpc) is 3.37. The van der Waals surface area contributed by atoms with Gasteiger partial charge in [0.25, 0.3) is 5.91 Å². The molecule has 0 bridgehead atoms. The molecule has 4 rings (SSSR count). The molecule has 0 atom stereocenters. The smallest absolute Gasteiger partial charge is 0.256 e. The van der Waals surface area contributed by atoms with Crippen molar-refractivity contribution in [1.29, 1.82) is 0 Å². The molecule has 174 valence electrons. The summed E-state index contributed by atoms with van der Waals surface area (Å²) in [6.45, 7) is 0.